The lowest BCUT2D eigenvalue weighted by atomic mass is 10.1. The van der Waals surface area contributed by atoms with Crippen molar-refractivity contribution in [3.05, 3.63) is 17.7 Å². The van der Waals surface area contributed by atoms with Crippen molar-refractivity contribution in [2.75, 3.05) is 33.6 Å². The first-order valence-corrected chi connectivity index (χ1v) is 10.3. The SMILES string of the molecule is COc1cc(C(=O)N[C@@H](SC2=NCCS2)C(Cl)(Cl)Cl)cc(OC)c1OC. The number of methoxy groups -OCH3 is 3. The summed E-state index contributed by atoms with van der Waals surface area (Å²) >= 11 is 20.9. The molecule has 1 N–H and O–H groups in total. The van der Waals surface area contributed by atoms with Gasteiger partial charge in [0.25, 0.3) is 5.91 Å². The molecule has 2 rings (SSSR count). The fourth-order valence-corrected chi connectivity index (χ4v) is 4.66. The van der Waals surface area contributed by atoms with Gasteiger partial charge >= 0.3 is 0 Å². The first-order chi connectivity index (χ1) is 12.3. The van der Waals surface area contributed by atoms with E-state index in [1.165, 1.54) is 45.2 Å². The molecule has 11 heteroatoms. The first kappa shape index (κ1) is 21.6. The van der Waals surface area contributed by atoms with E-state index in [1.807, 2.05) is 0 Å². The highest BCUT2D eigenvalue weighted by Crippen LogP contribution is 2.41. The van der Waals surface area contributed by atoms with E-state index in [1.54, 1.807) is 11.8 Å². The van der Waals surface area contributed by atoms with Crippen LogP contribution < -0.4 is 19.5 Å². The van der Waals surface area contributed by atoms with Gasteiger partial charge in [-0.05, 0) is 12.1 Å². The Kier molecular flexibility index (Phi) is 7.90. The smallest absolute Gasteiger partial charge is 0.252 e. The number of rotatable bonds is 6. The van der Waals surface area contributed by atoms with Crippen molar-refractivity contribution in [3.63, 3.8) is 0 Å². The van der Waals surface area contributed by atoms with E-state index in [9.17, 15) is 4.79 Å². The van der Waals surface area contributed by atoms with E-state index in [0.29, 0.717) is 23.8 Å². The lowest BCUT2D eigenvalue weighted by molar-refractivity contribution is 0.0949. The highest BCUT2D eigenvalue weighted by Gasteiger charge is 2.36. The molecule has 0 spiro atoms. The van der Waals surface area contributed by atoms with Gasteiger partial charge in [0.1, 0.15) is 9.75 Å². The highest BCUT2D eigenvalue weighted by molar-refractivity contribution is 8.39. The summed E-state index contributed by atoms with van der Waals surface area (Å²) in [5.41, 5.74) is 0.278. The van der Waals surface area contributed by atoms with Crippen molar-refractivity contribution in [2.45, 2.75) is 9.17 Å². The van der Waals surface area contributed by atoms with Crippen molar-refractivity contribution >= 4 is 68.6 Å². The van der Waals surface area contributed by atoms with Crippen molar-refractivity contribution in [3.8, 4) is 17.2 Å². The van der Waals surface area contributed by atoms with E-state index < -0.39 is 15.1 Å². The molecule has 26 heavy (non-hydrogen) atoms. The minimum Gasteiger partial charge on any atom is -0.493 e. The predicted molar refractivity (Wildman–Crippen MR) is 110 cm³/mol. The number of ether oxygens (including phenoxy) is 3. The summed E-state index contributed by atoms with van der Waals surface area (Å²) in [6.07, 6.45) is 0. The molecule has 1 aliphatic heterocycles. The normalized spacial score (nSPS) is 15.2. The van der Waals surface area contributed by atoms with Gasteiger partial charge in [0.05, 0.1) is 27.9 Å². The lowest BCUT2D eigenvalue weighted by Crippen LogP contribution is -2.41. The number of nitrogens with one attached hydrogen (secondary N) is 1. The molecule has 0 radical (unpaired) electrons. The molecule has 0 aliphatic carbocycles. The summed E-state index contributed by atoms with van der Waals surface area (Å²) in [5.74, 6) is 1.51. The van der Waals surface area contributed by atoms with Crippen molar-refractivity contribution in [2.24, 2.45) is 4.99 Å². The number of hydrogen-bond acceptors (Lipinski definition) is 7. The van der Waals surface area contributed by atoms with Crippen LogP contribution in [0.1, 0.15) is 10.4 Å². The number of amides is 1. The Morgan fingerprint density at radius 2 is 1.85 bits per heavy atom. The Bertz CT molecular complexity index is 673. The molecule has 1 atom stereocenters. The maximum atomic E-state index is 12.7. The van der Waals surface area contributed by atoms with Gasteiger partial charge in [-0.2, -0.15) is 0 Å². The average molecular weight is 460 g/mol. The van der Waals surface area contributed by atoms with Crippen LogP contribution in [0.25, 0.3) is 0 Å². The highest BCUT2D eigenvalue weighted by atomic mass is 35.6. The fourth-order valence-electron chi connectivity index (χ4n) is 2.08. The zero-order valence-electron chi connectivity index (χ0n) is 14.2. The van der Waals surface area contributed by atoms with Gasteiger partial charge in [-0.25, -0.2) is 0 Å². The maximum absolute atomic E-state index is 12.7. The van der Waals surface area contributed by atoms with E-state index >= 15 is 0 Å². The number of halogens is 3. The fraction of sp³-hybridized carbons (Fsp3) is 0.467. The molecule has 0 aromatic heterocycles. The Hall–Kier alpha value is -0.670. The Balaban J connectivity index is 2.25. The summed E-state index contributed by atoms with van der Waals surface area (Å²) in [7, 11) is 4.42. The van der Waals surface area contributed by atoms with Crippen LogP contribution in [0, 0.1) is 0 Å². The van der Waals surface area contributed by atoms with Gasteiger partial charge in [-0.15, -0.1) is 0 Å². The molecule has 1 aromatic carbocycles. The average Bonchev–Trinajstić information content (AvgIpc) is 3.11. The number of carbonyl (C=O) groups is 1. The number of nitrogens with zero attached hydrogens (tertiary/aromatic N) is 1. The molecule has 1 aromatic rings. The standard InChI is InChI=1S/C15H17Cl3N2O4S2/c1-22-9-6-8(7-10(23-2)11(9)24-3)12(21)20-13(15(16,17)18)26-14-19-4-5-25-14/h6-7,13H,4-5H2,1-3H3,(H,20,21)/t13-/m0/s1. The molecule has 0 fully saturated rings. The summed E-state index contributed by atoms with van der Waals surface area (Å²) in [6.45, 7) is 0.709. The second-order valence-electron chi connectivity index (χ2n) is 4.92. The Labute approximate surface area is 175 Å². The maximum Gasteiger partial charge on any atom is 0.252 e. The summed E-state index contributed by atoms with van der Waals surface area (Å²) in [5, 5.41) is 1.91. The van der Waals surface area contributed by atoms with Crippen LogP contribution in [0.4, 0.5) is 0 Å². The monoisotopic (exact) mass is 458 g/mol. The second kappa shape index (κ2) is 9.50. The number of alkyl halides is 3. The third kappa shape index (κ3) is 5.42. The molecule has 0 saturated heterocycles. The van der Waals surface area contributed by atoms with Gasteiger partial charge in [-0.3, -0.25) is 9.79 Å². The second-order valence-corrected chi connectivity index (χ2v) is 9.73. The predicted octanol–water partition coefficient (Wildman–Crippen LogP) is 3.97. The topological polar surface area (TPSA) is 69.2 Å². The van der Waals surface area contributed by atoms with Gasteiger partial charge in [0, 0.05) is 11.3 Å². The molecule has 0 bridgehead atoms. The third-order valence-electron chi connectivity index (χ3n) is 3.26. The Morgan fingerprint density at radius 3 is 2.27 bits per heavy atom. The molecular formula is C15H17Cl3N2O4S2. The van der Waals surface area contributed by atoms with Crippen LogP contribution in [0.3, 0.4) is 0 Å². The quantitative estimate of drug-likeness (QED) is 0.513. The lowest BCUT2D eigenvalue weighted by Gasteiger charge is -2.25. The Morgan fingerprint density at radius 1 is 1.23 bits per heavy atom. The molecule has 0 unspecified atom stereocenters. The number of thioether (sulfide) groups is 2. The van der Waals surface area contributed by atoms with E-state index in [2.05, 4.69) is 10.3 Å². The number of aliphatic imine (C=N–C) groups is 1. The van der Waals surface area contributed by atoms with Gasteiger partial charge in [0.2, 0.25) is 9.54 Å². The number of carbonyl (C=O) groups excluding carboxylic acids is 1. The molecule has 0 saturated carbocycles. The molecule has 1 heterocycles. The van der Waals surface area contributed by atoms with E-state index in [-0.39, 0.29) is 5.56 Å². The molecule has 1 aliphatic rings. The van der Waals surface area contributed by atoms with Crippen molar-refractivity contribution in [1.82, 2.24) is 5.32 Å². The first-order valence-electron chi connectivity index (χ1n) is 7.31. The zero-order chi connectivity index (χ0) is 19.3. The largest absolute Gasteiger partial charge is 0.493 e. The van der Waals surface area contributed by atoms with Crippen molar-refractivity contribution in [1.29, 1.82) is 0 Å². The van der Waals surface area contributed by atoms with Crippen LogP contribution >= 0.6 is 58.3 Å². The van der Waals surface area contributed by atoms with E-state index in [4.69, 9.17) is 49.0 Å². The minimum absolute atomic E-state index is 0.278. The molecule has 6 nitrogen and oxygen atoms in total. The summed E-state index contributed by atoms with van der Waals surface area (Å²) < 4.78 is 14.8. The van der Waals surface area contributed by atoms with Crippen molar-refractivity contribution < 1.29 is 19.0 Å². The number of benzene rings is 1. The molecule has 144 valence electrons. The van der Waals surface area contributed by atoms with E-state index in [0.717, 1.165) is 10.1 Å². The van der Waals surface area contributed by atoms with Gasteiger partial charge < -0.3 is 19.5 Å². The summed E-state index contributed by atoms with van der Waals surface area (Å²) in [4.78, 5) is 17.0. The van der Waals surface area contributed by atoms with Gasteiger partial charge in [0.15, 0.2) is 11.5 Å². The van der Waals surface area contributed by atoms with Crippen LogP contribution in [0.5, 0.6) is 17.2 Å². The third-order valence-corrected chi connectivity index (χ3v) is 6.75. The minimum atomic E-state index is -1.72. The van der Waals surface area contributed by atoms with Gasteiger partial charge in [-0.1, -0.05) is 58.3 Å². The summed E-state index contributed by atoms with van der Waals surface area (Å²) in [6, 6.07) is 3.05. The molecule has 1 amide bonds. The van der Waals surface area contributed by atoms with Crippen LogP contribution in [-0.4, -0.2) is 53.1 Å². The zero-order valence-corrected chi connectivity index (χ0v) is 18.1. The van der Waals surface area contributed by atoms with Crippen LogP contribution in [-0.2, 0) is 0 Å². The van der Waals surface area contributed by atoms with Crippen LogP contribution in [0.2, 0.25) is 0 Å². The number of hydrogen-bond donors (Lipinski definition) is 1. The van der Waals surface area contributed by atoms with Crippen LogP contribution in [0.15, 0.2) is 17.1 Å². The molecular weight excluding hydrogens is 443 g/mol.